The minimum atomic E-state index is -0.0608. The van der Waals surface area contributed by atoms with Crippen molar-refractivity contribution in [1.29, 1.82) is 0 Å². The maximum atomic E-state index is 12.0. The Bertz CT molecular complexity index is 738. The number of hydrogen-bond acceptors (Lipinski definition) is 4. The Morgan fingerprint density at radius 2 is 1.91 bits per heavy atom. The molecular formula is C18H17N3O2. The molecule has 2 N–H and O–H groups in total. The number of aromatic nitrogens is 1. The molecule has 5 nitrogen and oxygen atoms in total. The maximum Gasteiger partial charge on any atom is 0.228 e. The fraction of sp³-hybridized carbons (Fsp3) is 0.111. The first kappa shape index (κ1) is 14.8. The molecule has 0 saturated carbocycles. The predicted octanol–water partition coefficient (Wildman–Crippen LogP) is 3.47. The van der Waals surface area contributed by atoms with Crippen molar-refractivity contribution in [2.75, 3.05) is 10.6 Å². The lowest BCUT2D eigenvalue weighted by Crippen LogP contribution is -2.14. The average Bonchev–Trinajstić information content (AvgIpc) is 3.08. The molecule has 1 amide bonds. The summed E-state index contributed by atoms with van der Waals surface area (Å²) in [7, 11) is 0. The molecule has 1 aromatic carbocycles. The first-order valence-electron chi connectivity index (χ1n) is 7.36. The molecule has 0 spiro atoms. The number of hydrogen-bond donors (Lipinski definition) is 2. The van der Waals surface area contributed by atoms with Gasteiger partial charge in [0.25, 0.3) is 0 Å². The van der Waals surface area contributed by atoms with E-state index in [0.717, 1.165) is 17.1 Å². The van der Waals surface area contributed by atoms with E-state index in [1.807, 2.05) is 54.6 Å². The van der Waals surface area contributed by atoms with Crippen LogP contribution >= 0.6 is 0 Å². The Balaban J connectivity index is 1.51. The molecule has 0 aliphatic rings. The van der Waals surface area contributed by atoms with E-state index in [0.29, 0.717) is 18.7 Å². The topological polar surface area (TPSA) is 67.2 Å². The zero-order chi connectivity index (χ0) is 15.9. The normalized spacial score (nSPS) is 10.3. The van der Waals surface area contributed by atoms with Gasteiger partial charge in [-0.25, -0.2) is 4.98 Å². The quantitative estimate of drug-likeness (QED) is 0.732. The maximum absolute atomic E-state index is 12.0. The number of nitrogens with one attached hydrogen (secondary N) is 2. The first-order valence-corrected chi connectivity index (χ1v) is 7.36. The van der Waals surface area contributed by atoms with E-state index < -0.39 is 0 Å². The standard InChI is InChI=1S/C18H17N3O2/c22-18(11-14-5-2-1-3-6-14)21-15-8-9-17(19-12-15)20-13-16-7-4-10-23-16/h1-10,12H,11,13H2,(H,19,20)(H,21,22). The van der Waals surface area contributed by atoms with Gasteiger partial charge < -0.3 is 15.1 Å². The molecule has 23 heavy (non-hydrogen) atoms. The molecular weight excluding hydrogens is 290 g/mol. The molecule has 116 valence electrons. The van der Waals surface area contributed by atoms with Crippen LogP contribution in [-0.2, 0) is 17.8 Å². The highest BCUT2D eigenvalue weighted by Crippen LogP contribution is 2.12. The average molecular weight is 307 g/mol. The van der Waals surface area contributed by atoms with Gasteiger partial charge in [0.1, 0.15) is 11.6 Å². The molecule has 0 aliphatic carbocycles. The zero-order valence-electron chi connectivity index (χ0n) is 12.5. The van der Waals surface area contributed by atoms with Crippen molar-refractivity contribution in [3.8, 4) is 0 Å². The monoisotopic (exact) mass is 307 g/mol. The minimum absolute atomic E-state index is 0.0608. The smallest absolute Gasteiger partial charge is 0.228 e. The highest BCUT2D eigenvalue weighted by Gasteiger charge is 2.04. The van der Waals surface area contributed by atoms with Crippen LogP contribution in [0.3, 0.4) is 0 Å². The largest absolute Gasteiger partial charge is 0.467 e. The van der Waals surface area contributed by atoms with Crippen LogP contribution in [0.1, 0.15) is 11.3 Å². The molecule has 0 fully saturated rings. The predicted molar refractivity (Wildman–Crippen MR) is 89.0 cm³/mol. The second kappa shape index (κ2) is 7.26. The highest BCUT2D eigenvalue weighted by molar-refractivity contribution is 5.92. The summed E-state index contributed by atoms with van der Waals surface area (Å²) in [5.41, 5.74) is 1.66. The summed E-state index contributed by atoms with van der Waals surface area (Å²) < 4.78 is 5.24. The fourth-order valence-corrected chi connectivity index (χ4v) is 2.15. The Morgan fingerprint density at radius 1 is 1.04 bits per heavy atom. The van der Waals surface area contributed by atoms with Crippen molar-refractivity contribution in [1.82, 2.24) is 4.98 Å². The van der Waals surface area contributed by atoms with Crippen LogP contribution in [0.4, 0.5) is 11.5 Å². The van der Waals surface area contributed by atoms with Gasteiger partial charge in [-0.05, 0) is 29.8 Å². The van der Waals surface area contributed by atoms with Crippen LogP contribution in [0.25, 0.3) is 0 Å². The number of pyridine rings is 1. The van der Waals surface area contributed by atoms with Gasteiger partial charge in [-0.3, -0.25) is 4.79 Å². The Labute approximate surface area is 134 Å². The minimum Gasteiger partial charge on any atom is -0.467 e. The van der Waals surface area contributed by atoms with E-state index >= 15 is 0 Å². The van der Waals surface area contributed by atoms with Crippen molar-refractivity contribution >= 4 is 17.4 Å². The fourth-order valence-electron chi connectivity index (χ4n) is 2.15. The Hall–Kier alpha value is -3.08. The summed E-state index contributed by atoms with van der Waals surface area (Å²) in [6.45, 7) is 0.569. The molecule has 0 aliphatic heterocycles. The second-order valence-electron chi connectivity index (χ2n) is 5.08. The van der Waals surface area contributed by atoms with Crippen molar-refractivity contribution in [3.63, 3.8) is 0 Å². The van der Waals surface area contributed by atoms with E-state index in [9.17, 15) is 4.79 Å². The van der Waals surface area contributed by atoms with Crippen LogP contribution in [0, 0.1) is 0 Å². The molecule has 0 atom stereocenters. The number of anilines is 2. The molecule has 3 aromatic rings. The summed E-state index contributed by atoms with van der Waals surface area (Å²) in [5, 5.41) is 5.99. The lowest BCUT2D eigenvalue weighted by atomic mass is 10.1. The van der Waals surface area contributed by atoms with Crippen molar-refractivity contribution in [3.05, 3.63) is 78.4 Å². The van der Waals surface area contributed by atoms with Crippen molar-refractivity contribution < 1.29 is 9.21 Å². The summed E-state index contributed by atoms with van der Waals surface area (Å²) in [6.07, 6.45) is 3.61. The van der Waals surface area contributed by atoms with Crippen molar-refractivity contribution in [2.45, 2.75) is 13.0 Å². The molecule has 0 saturated heterocycles. The van der Waals surface area contributed by atoms with E-state index in [2.05, 4.69) is 15.6 Å². The molecule has 0 unspecified atom stereocenters. The van der Waals surface area contributed by atoms with Gasteiger partial charge in [-0.15, -0.1) is 0 Å². The Morgan fingerprint density at radius 3 is 2.61 bits per heavy atom. The Kier molecular flexibility index (Phi) is 4.69. The van der Waals surface area contributed by atoms with E-state index in [1.54, 1.807) is 12.5 Å². The number of furan rings is 1. The lowest BCUT2D eigenvalue weighted by molar-refractivity contribution is -0.115. The van der Waals surface area contributed by atoms with Crippen LogP contribution < -0.4 is 10.6 Å². The molecule has 3 rings (SSSR count). The van der Waals surface area contributed by atoms with Gasteiger partial charge in [0, 0.05) is 0 Å². The molecule has 2 heterocycles. The summed E-state index contributed by atoms with van der Waals surface area (Å²) >= 11 is 0. The van der Waals surface area contributed by atoms with Crippen LogP contribution in [0.2, 0.25) is 0 Å². The number of amides is 1. The van der Waals surface area contributed by atoms with Crippen molar-refractivity contribution in [2.24, 2.45) is 0 Å². The van der Waals surface area contributed by atoms with Gasteiger partial charge in [-0.2, -0.15) is 0 Å². The number of nitrogens with zero attached hydrogens (tertiary/aromatic N) is 1. The number of carbonyl (C=O) groups is 1. The van der Waals surface area contributed by atoms with Gasteiger partial charge in [0.15, 0.2) is 0 Å². The molecule has 2 aromatic heterocycles. The first-order chi connectivity index (χ1) is 11.3. The van der Waals surface area contributed by atoms with Gasteiger partial charge >= 0.3 is 0 Å². The number of benzene rings is 1. The molecule has 0 radical (unpaired) electrons. The van der Waals surface area contributed by atoms with E-state index in [4.69, 9.17) is 4.42 Å². The molecule has 0 bridgehead atoms. The van der Waals surface area contributed by atoms with Gasteiger partial charge in [-0.1, -0.05) is 30.3 Å². The summed E-state index contributed by atoms with van der Waals surface area (Å²) in [4.78, 5) is 16.3. The van der Waals surface area contributed by atoms with E-state index in [1.165, 1.54) is 0 Å². The zero-order valence-corrected chi connectivity index (χ0v) is 12.5. The third kappa shape index (κ3) is 4.44. The van der Waals surface area contributed by atoms with Gasteiger partial charge in [0.2, 0.25) is 5.91 Å². The van der Waals surface area contributed by atoms with Crippen LogP contribution in [0.5, 0.6) is 0 Å². The van der Waals surface area contributed by atoms with Gasteiger partial charge in [0.05, 0.1) is 31.1 Å². The summed E-state index contributed by atoms with van der Waals surface area (Å²) in [6, 6.07) is 17.0. The third-order valence-corrected chi connectivity index (χ3v) is 3.28. The highest BCUT2D eigenvalue weighted by atomic mass is 16.3. The van der Waals surface area contributed by atoms with Crippen LogP contribution in [0.15, 0.2) is 71.5 Å². The summed E-state index contributed by atoms with van der Waals surface area (Å²) in [5.74, 6) is 1.50. The number of rotatable bonds is 6. The lowest BCUT2D eigenvalue weighted by Gasteiger charge is -2.07. The van der Waals surface area contributed by atoms with Crippen LogP contribution in [-0.4, -0.2) is 10.9 Å². The number of carbonyl (C=O) groups excluding carboxylic acids is 1. The van der Waals surface area contributed by atoms with E-state index in [-0.39, 0.29) is 5.91 Å². The second-order valence-corrected chi connectivity index (χ2v) is 5.08. The molecule has 5 heteroatoms. The SMILES string of the molecule is O=C(Cc1ccccc1)Nc1ccc(NCc2ccco2)nc1. The third-order valence-electron chi connectivity index (χ3n) is 3.28.